The molecule has 0 unspecified atom stereocenters. The van der Waals surface area contributed by atoms with E-state index in [4.69, 9.17) is 9.47 Å². The van der Waals surface area contributed by atoms with E-state index in [1.165, 1.54) is 7.11 Å². The molecular formula is C17H22O4. The van der Waals surface area contributed by atoms with Crippen LogP contribution in [0, 0.1) is 12.3 Å². The van der Waals surface area contributed by atoms with Gasteiger partial charge in [-0.05, 0) is 37.5 Å². The summed E-state index contributed by atoms with van der Waals surface area (Å²) in [5, 5.41) is 0. The maximum absolute atomic E-state index is 12.4. The molecule has 1 saturated carbocycles. The van der Waals surface area contributed by atoms with Crippen LogP contribution in [0.4, 0.5) is 0 Å². The Labute approximate surface area is 125 Å². The molecule has 0 aromatic heterocycles. The molecule has 1 aliphatic rings. The number of methoxy groups -OCH3 is 2. The third-order valence-electron chi connectivity index (χ3n) is 5.14. The standard InChI is InChI=1S/C17H22O4/c1-11-10-12(6-7-13(11)20-4)16(2)9-8-14(18)17(16,3)15(19)21-5/h6-7,10H,8-9H2,1-5H3/t16-,17+/m0/s1. The first kappa shape index (κ1) is 15.5. The van der Waals surface area contributed by atoms with Gasteiger partial charge in [0.2, 0.25) is 0 Å². The molecule has 1 fully saturated rings. The summed E-state index contributed by atoms with van der Waals surface area (Å²) < 4.78 is 10.2. The van der Waals surface area contributed by atoms with Gasteiger partial charge in [0, 0.05) is 11.8 Å². The van der Waals surface area contributed by atoms with Crippen LogP contribution in [-0.4, -0.2) is 26.0 Å². The zero-order chi connectivity index (χ0) is 15.8. The van der Waals surface area contributed by atoms with Gasteiger partial charge >= 0.3 is 5.97 Å². The molecule has 2 rings (SSSR count). The Morgan fingerprint density at radius 3 is 2.43 bits per heavy atom. The quantitative estimate of drug-likeness (QED) is 0.634. The van der Waals surface area contributed by atoms with E-state index in [1.807, 2.05) is 32.0 Å². The first-order valence-corrected chi connectivity index (χ1v) is 7.08. The van der Waals surface area contributed by atoms with Crippen molar-refractivity contribution in [3.63, 3.8) is 0 Å². The first-order chi connectivity index (χ1) is 9.81. The maximum Gasteiger partial charge on any atom is 0.319 e. The molecule has 0 amide bonds. The monoisotopic (exact) mass is 290 g/mol. The van der Waals surface area contributed by atoms with Crippen LogP contribution in [-0.2, 0) is 19.7 Å². The minimum atomic E-state index is -1.14. The molecule has 114 valence electrons. The van der Waals surface area contributed by atoms with E-state index in [2.05, 4.69) is 0 Å². The number of carbonyl (C=O) groups is 2. The number of hydrogen-bond acceptors (Lipinski definition) is 4. The summed E-state index contributed by atoms with van der Waals surface area (Å²) >= 11 is 0. The van der Waals surface area contributed by atoms with Gasteiger partial charge in [-0.3, -0.25) is 9.59 Å². The topological polar surface area (TPSA) is 52.6 Å². The van der Waals surface area contributed by atoms with Crippen molar-refractivity contribution < 1.29 is 19.1 Å². The van der Waals surface area contributed by atoms with E-state index in [-0.39, 0.29) is 5.78 Å². The summed E-state index contributed by atoms with van der Waals surface area (Å²) in [5.74, 6) is 0.290. The van der Waals surface area contributed by atoms with Crippen molar-refractivity contribution in [2.24, 2.45) is 5.41 Å². The van der Waals surface area contributed by atoms with E-state index >= 15 is 0 Å². The molecule has 0 aliphatic heterocycles. The zero-order valence-electron chi connectivity index (χ0n) is 13.3. The number of hydrogen-bond donors (Lipinski definition) is 0. The lowest BCUT2D eigenvalue weighted by Crippen LogP contribution is -2.47. The summed E-state index contributed by atoms with van der Waals surface area (Å²) in [7, 11) is 2.96. The van der Waals surface area contributed by atoms with Crippen LogP contribution in [0.3, 0.4) is 0 Å². The molecule has 0 saturated heterocycles. The van der Waals surface area contributed by atoms with E-state index in [1.54, 1.807) is 14.0 Å². The van der Waals surface area contributed by atoms with Crippen LogP contribution in [0.1, 0.15) is 37.8 Å². The van der Waals surface area contributed by atoms with Gasteiger partial charge in [-0.25, -0.2) is 0 Å². The fourth-order valence-corrected chi connectivity index (χ4v) is 3.37. The summed E-state index contributed by atoms with van der Waals surface area (Å²) in [5.41, 5.74) is 0.263. The van der Waals surface area contributed by atoms with Gasteiger partial charge in [-0.1, -0.05) is 19.1 Å². The van der Waals surface area contributed by atoms with Crippen molar-refractivity contribution in [1.82, 2.24) is 0 Å². The molecule has 1 aromatic carbocycles. The van der Waals surface area contributed by atoms with E-state index in [0.717, 1.165) is 16.9 Å². The summed E-state index contributed by atoms with van der Waals surface area (Å²) in [6.45, 7) is 5.63. The van der Waals surface area contributed by atoms with Crippen LogP contribution < -0.4 is 4.74 Å². The average molecular weight is 290 g/mol. The third kappa shape index (κ3) is 2.04. The van der Waals surface area contributed by atoms with Gasteiger partial charge in [0.25, 0.3) is 0 Å². The molecule has 0 bridgehead atoms. The second kappa shape index (κ2) is 5.17. The number of rotatable bonds is 3. The maximum atomic E-state index is 12.4. The van der Waals surface area contributed by atoms with Crippen LogP contribution in [0.25, 0.3) is 0 Å². The summed E-state index contributed by atoms with van der Waals surface area (Å²) in [6.07, 6.45) is 1.04. The molecular weight excluding hydrogens is 268 g/mol. The van der Waals surface area contributed by atoms with E-state index in [9.17, 15) is 9.59 Å². The highest BCUT2D eigenvalue weighted by Crippen LogP contribution is 2.53. The van der Waals surface area contributed by atoms with E-state index < -0.39 is 16.8 Å². The lowest BCUT2D eigenvalue weighted by atomic mass is 9.63. The molecule has 0 radical (unpaired) electrons. The highest BCUT2D eigenvalue weighted by molar-refractivity contribution is 6.07. The number of aryl methyl sites for hydroxylation is 1. The normalized spacial score (nSPS) is 28.5. The Morgan fingerprint density at radius 1 is 1.24 bits per heavy atom. The molecule has 4 heteroatoms. The minimum absolute atomic E-state index is 0.0506. The van der Waals surface area contributed by atoms with Gasteiger partial charge in [0.05, 0.1) is 14.2 Å². The minimum Gasteiger partial charge on any atom is -0.496 e. The number of esters is 1. The Bertz CT molecular complexity index is 592. The summed E-state index contributed by atoms with van der Waals surface area (Å²) in [6, 6.07) is 5.82. The molecule has 1 aromatic rings. The largest absolute Gasteiger partial charge is 0.496 e. The van der Waals surface area contributed by atoms with Crippen LogP contribution in [0.5, 0.6) is 5.75 Å². The van der Waals surface area contributed by atoms with Crippen molar-refractivity contribution in [1.29, 1.82) is 0 Å². The predicted molar refractivity (Wildman–Crippen MR) is 79.4 cm³/mol. The zero-order valence-corrected chi connectivity index (χ0v) is 13.3. The molecule has 1 aliphatic carbocycles. The Kier molecular flexibility index (Phi) is 3.83. The van der Waals surface area contributed by atoms with E-state index in [0.29, 0.717) is 12.8 Å². The molecule has 0 heterocycles. The lowest BCUT2D eigenvalue weighted by molar-refractivity contribution is -0.158. The van der Waals surface area contributed by atoms with Gasteiger partial charge in [0.15, 0.2) is 5.78 Å². The predicted octanol–water partition coefficient (Wildman–Crippen LogP) is 2.80. The van der Waals surface area contributed by atoms with Gasteiger partial charge in [-0.2, -0.15) is 0 Å². The van der Waals surface area contributed by atoms with Crippen molar-refractivity contribution in [2.75, 3.05) is 14.2 Å². The lowest BCUT2D eigenvalue weighted by Gasteiger charge is -2.38. The van der Waals surface area contributed by atoms with Crippen LogP contribution >= 0.6 is 0 Å². The molecule has 21 heavy (non-hydrogen) atoms. The fourth-order valence-electron chi connectivity index (χ4n) is 3.37. The SMILES string of the molecule is COC(=O)[C@@]1(C)C(=O)CC[C@@]1(C)c1ccc(OC)c(C)c1. The Morgan fingerprint density at radius 2 is 1.90 bits per heavy atom. The smallest absolute Gasteiger partial charge is 0.319 e. The number of ketones is 1. The second-order valence-electron chi connectivity index (χ2n) is 6.06. The number of Topliss-reactive ketones (excluding diaryl/α,β-unsaturated/α-hetero) is 1. The van der Waals surface area contributed by atoms with Crippen molar-refractivity contribution in [3.8, 4) is 5.75 Å². The van der Waals surface area contributed by atoms with Crippen molar-refractivity contribution in [2.45, 2.75) is 39.0 Å². The highest BCUT2D eigenvalue weighted by atomic mass is 16.5. The number of carbonyl (C=O) groups excluding carboxylic acids is 2. The molecule has 0 spiro atoms. The van der Waals surface area contributed by atoms with Crippen molar-refractivity contribution in [3.05, 3.63) is 29.3 Å². The molecule has 2 atom stereocenters. The summed E-state index contributed by atoms with van der Waals surface area (Å²) in [4.78, 5) is 24.6. The number of benzene rings is 1. The first-order valence-electron chi connectivity index (χ1n) is 7.08. The Hall–Kier alpha value is -1.84. The third-order valence-corrected chi connectivity index (χ3v) is 5.14. The average Bonchev–Trinajstić information content (AvgIpc) is 2.72. The van der Waals surface area contributed by atoms with Crippen LogP contribution in [0.2, 0.25) is 0 Å². The second-order valence-corrected chi connectivity index (χ2v) is 6.06. The number of ether oxygens (including phenoxy) is 2. The van der Waals surface area contributed by atoms with Gasteiger partial charge < -0.3 is 9.47 Å². The molecule has 0 N–H and O–H groups in total. The van der Waals surface area contributed by atoms with Gasteiger partial charge in [-0.15, -0.1) is 0 Å². The van der Waals surface area contributed by atoms with Crippen molar-refractivity contribution >= 4 is 11.8 Å². The van der Waals surface area contributed by atoms with Crippen LogP contribution in [0.15, 0.2) is 18.2 Å². The van der Waals surface area contributed by atoms with Gasteiger partial charge in [0.1, 0.15) is 11.2 Å². The highest BCUT2D eigenvalue weighted by Gasteiger charge is 2.60. The fraction of sp³-hybridized carbons (Fsp3) is 0.529. The molecule has 4 nitrogen and oxygen atoms in total. The Balaban J connectivity index is 2.57.